The quantitative estimate of drug-likeness (QED) is 0.213. The van der Waals surface area contributed by atoms with Crippen LogP contribution >= 0.6 is 0 Å². The topological polar surface area (TPSA) is 308 Å². The fourth-order valence-corrected chi connectivity index (χ4v) is 6.65. The number of amides is 16. The van der Waals surface area contributed by atoms with Crippen LogP contribution in [0.4, 0.5) is 0 Å². The summed E-state index contributed by atoms with van der Waals surface area (Å²) in [5.74, 6) is -23.6. The standard InChI is InChI=1S/C23H8N8O16/c1-25-6(34)21(7(25)35)16(44)30(17(21)45)31-18(46)23(19(31)47)14(42)29(15(23)43)3-28-12(40)22(13(28)41)10(38)27(11(22)39)2-26-8(36)20(9(26)37)4(32)24-5(20)33/h2-3H2,1H3,(H,24,32,33). The summed E-state index contributed by atoms with van der Waals surface area (Å²) in [5.41, 5.74) is -11.5. The molecule has 1 N–H and O–H groups in total. The van der Waals surface area contributed by atoms with Gasteiger partial charge >= 0.3 is 0 Å². The van der Waals surface area contributed by atoms with Crippen LogP contribution in [0.2, 0.25) is 0 Å². The molecule has 0 aromatic rings. The Morgan fingerprint density at radius 3 is 0.872 bits per heavy atom. The van der Waals surface area contributed by atoms with E-state index in [1.807, 2.05) is 0 Å². The molecular formula is C23H8N8O16. The molecule has 0 saturated carbocycles. The second kappa shape index (κ2) is 7.16. The molecule has 8 rings (SSSR count). The Morgan fingerprint density at radius 1 is 0.362 bits per heavy atom. The SMILES string of the molecule is CN1C(=O)C2(C1=O)C(=O)N(N1C(=O)C3(C(=O)N(CN4C(=O)C5(C(=O)N(CN6C(=O)C7(C(=O)NC7=O)C6=O)C5=O)C4=O)C3=O)C1=O)C2=O. The van der Waals surface area contributed by atoms with E-state index in [0.717, 1.165) is 7.05 Å². The molecule has 8 heterocycles. The zero-order chi connectivity index (χ0) is 34.4. The number of nitrogens with one attached hydrogen (secondary N) is 1. The first kappa shape index (κ1) is 27.7. The lowest BCUT2D eigenvalue weighted by Gasteiger charge is -2.60. The Morgan fingerprint density at radius 2 is 0.596 bits per heavy atom. The van der Waals surface area contributed by atoms with Crippen LogP contribution in [0.1, 0.15) is 0 Å². The Labute approximate surface area is 253 Å². The first-order chi connectivity index (χ1) is 21.9. The minimum atomic E-state index is -3.12. The van der Waals surface area contributed by atoms with Crippen LogP contribution < -0.4 is 5.32 Å². The van der Waals surface area contributed by atoms with E-state index in [4.69, 9.17) is 0 Å². The van der Waals surface area contributed by atoms with E-state index in [1.54, 1.807) is 5.32 Å². The number of imide groups is 8. The second-order valence-electron chi connectivity index (χ2n) is 11.2. The first-order valence-corrected chi connectivity index (χ1v) is 12.8. The lowest BCUT2D eigenvalue weighted by Crippen LogP contribution is -2.93. The van der Waals surface area contributed by atoms with Crippen LogP contribution in [0.15, 0.2) is 0 Å². The largest absolute Gasteiger partial charge is 0.293 e. The lowest BCUT2D eigenvalue weighted by atomic mass is 9.66. The Balaban J connectivity index is 0.923. The number of hydrogen-bond acceptors (Lipinski definition) is 16. The maximum absolute atomic E-state index is 12.9. The molecule has 4 spiro atoms. The number of nitrogens with zero attached hydrogens (tertiary/aromatic N) is 7. The third-order valence-electron chi connectivity index (χ3n) is 9.51. The highest BCUT2D eigenvalue weighted by atomic mass is 16.3. The molecule has 24 nitrogen and oxygen atoms in total. The fraction of sp³-hybridized carbons (Fsp3) is 0.304. The van der Waals surface area contributed by atoms with E-state index in [9.17, 15) is 76.7 Å². The third kappa shape index (κ3) is 2.08. The van der Waals surface area contributed by atoms with E-state index in [0.29, 0.717) is 4.90 Å². The zero-order valence-electron chi connectivity index (χ0n) is 22.6. The monoisotopic (exact) mass is 652 g/mol. The van der Waals surface area contributed by atoms with Gasteiger partial charge in [0.1, 0.15) is 13.3 Å². The summed E-state index contributed by atoms with van der Waals surface area (Å²) in [7, 11) is 0.963. The second-order valence-corrected chi connectivity index (χ2v) is 11.2. The number of hydrazine groups is 1. The molecule has 8 saturated heterocycles. The zero-order valence-corrected chi connectivity index (χ0v) is 22.6. The van der Waals surface area contributed by atoms with Crippen LogP contribution in [0.5, 0.6) is 0 Å². The Kier molecular flexibility index (Phi) is 4.21. The van der Waals surface area contributed by atoms with Crippen molar-refractivity contribution in [3.05, 3.63) is 0 Å². The van der Waals surface area contributed by atoms with Gasteiger partial charge in [-0.15, -0.1) is 0 Å². The van der Waals surface area contributed by atoms with E-state index >= 15 is 0 Å². The molecule has 16 amide bonds. The average Bonchev–Trinajstić information content (AvgIpc) is 3.04. The van der Waals surface area contributed by atoms with E-state index < -0.39 is 130 Å². The fourth-order valence-electron chi connectivity index (χ4n) is 6.65. The van der Waals surface area contributed by atoms with Crippen molar-refractivity contribution in [3.63, 3.8) is 0 Å². The van der Waals surface area contributed by atoms with Gasteiger partial charge in [0.2, 0.25) is 0 Å². The summed E-state index contributed by atoms with van der Waals surface area (Å²) < 4.78 is 0. The molecule has 8 fully saturated rings. The van der Waals surface area contributed by atoms with Gasteiger partial charge < -0.3 is 0 Å². The Hall–Kier alpha value is -6.88. The van der Waals surface area contributed by atoms with Crippen molar-refractivity contribution >= 4 is 94.5 Å². The number of hydrogen-bond donors (Lipinski definition) is 1. The average molecular weight is 652 g/mol. The van der Waals surface area contributed by atoms with Crippen molar-refractivity contribution in [1.29, 1.82) is 0 Å². The van der Waals surface area contributed by atoms with Crippen molar-refractivity contribution in [2.24, 2.45) is 21.7 Å². The predicted molar refractivity (Wildman–Crippen MR) is 122 cm³/mol. The van der Waals surface area contributed by atoms with Gasteiger partial charge in [0.05, 0.1) is 0 Å². The highest BCUT2D eigenvalue weighted by Crippen LogP contribution is 2.53. The molecule has 0 aromatic heterocycles. The normalized spacial score (nSPS) is 27.4. The van der Waals surface area contributed by atoms with Crippen LogP contribution in [-0.2, 0) is 76.7 Å². The van der Waals surface area contributed by atoms with E-state index in [2.05, 4.69) is 0 Å². The van der Waals surface area contributed by atoms with Crippen LogP contribution in [0, 0.1) is 21.7 Å². The highest BCUT2D eigenvalue weighted by molar-refractivity contribution is 6.58. The predicted octanol–water partition coefficient (Wildman–Crippen LogP) is -9.37. The minimum absolute atomic E-state index is 0.0495. The number of β-lactam (4-membered cyclic amide) rings is 16. The van der Waals surface area contributed by atoms with Crippen molar-refractivity contribution in [2.45, 2.75) is 0 Å². The summed E-state index contributed by atoms with van der Waals surface area (Å²) >= 11 is 0. The number of carbonyl (C=O) groups excluding carboxylic acids is 16. The van der Waals surface area contributed by atoms with Gasteiger partial charge in [0, 0.05) is 7.05 Å². The van der Waals surface area contributed by atoms with Crippen molar-refractivity contribution in [3.8, 4) is 0 Å². The molecule has 24 heteroatoms. The molecule has 236 valence electrons. The molecule has 0 unspecified atom stereocenters. The van der Waals surface area contributed by atoms with Gasteiger partial charge in [-0.05, 0) is 0 Å². The van der Waals surface area contributed by atoms with Gasteiger partial charge in [-0.3, -0.25) is 107 Å². The maximum atomic E-state index is 12.9. The molecule has 0 radical (unpaired) electrons. The first-order valence-electron chi connectivity index (χ1n) is 12.8. The summed E-state index contributed by atoms with van der Waals surface area (Å²) in [6.45, 7) is -2.43. The van der Waals surface area contributed by atoms with Gasteiger partial charge in [-0.2, -0.15) is 10.0 Å². The third-order valence-corrected chi connectivity index (χ3v) is 9.51. The minimum Gasteiger partial charge on any atom is -0.293 e. The molecule has 0 aliphatic carbocycles. The van der Waals surface area contributed by atoms with Gasteiger partial charge in [0.25, 0.3) is 116 Å². The Bertz CT molecular complexity index is 1930. The lowest BCUT2D eigenvalue weighted by molar-refractivity contribution is -0.234. The summed E-state index contributed by atoms with van der Waals surface area (Å²) in [6.07, 6.45) is 0. The molecule has 47 heavy (non-hydrogen) atoms. The number of carbonyl (C=O) groups is 16. The van der Waals surface area contributed by atoms with Gasteiger partial charge in [-0.25, -0.2) is 0 Å². The van der Waals surface area contributed by atoms with Gasteiger partial charge in [-0.1, -0.05) is 0 Å². The number of likely N-dealkylation sites (tertiary alicyclic amines) is 5. The van der Waals surface area contributed by atoms with Crippen LogP contribution in [-0.4, -0.2) is 149 Å². The maximum Gasteiger partial charge on any atom is 0.288 e. The molecule has 0 atom stereocenters. The molecule has 0 bridgehead atoms. The van der Waals surface area contributed by atoms with E-state index in [-0.39, 0.29) is 29.6 Å². The van der Waals surface area contributed by atoms with Crippen LogP contribution in [0.3, 0.4) is 0 Å². The molecular weight excluding hydrogens is 644 g/mol. The van der Waals surface area contributed by atoms with Crippen molar-refractivity contribution < 1.29 is 76.7 Å². The summed E-state index contributed by atoms with van der Waals surface area (Å²) in [6, 6.07) is 0. The van der Waals surface area contributed by atoms with Crippen LogP contribution in [0.25, 0.3) is 0 Å². The smallest absolute Gasteiger partial charge is 0.288 e. The molecule has 8 aliphatic heterocycles. The molecule has 0 aromatic carbocycles. The number of rotatable bonds is 5. The molecule has 8 aliphatic rings. The van der Waals surface area contributed by atoms with Crippen molar-refractivity contribution in [2.75, 3.05) is 20.4 Å². The highest BCUT2D eigenvalue weighted by Gasteiger charge is 2.89. The van der Waals surface area contributed by atoms with Crippen molar-refractivity contribution in [1.82, 2.24) is 39.8 Å². The van der Waals surface area contributed by atoms with Gasteiger partial charge in [0.15, 0.2) is 0 Å². The summed E-state index contributed by atoms with van der Waals surface area (Å²) in [4.78, 5) is 200. The van der Waals surface area contributed by atoms with E-state index in [1.165, 1.54) is 0 Å². The summed E-state index contributed by atoms with van der Waals surface area (Å²) in [5, 5.41) is 1.29.